The first-order valence-electron chi connectivity index (χ1n) is 6.62. The quantitative estimate of drug-likeness (QED) is 0.769. The van der Waals surface area contributed by atoms with Gasteiger partial charge in [0.25, 0.3) is 5.56 Å². The summed E-state index contributed by atoms with van der Waals surface area (Å²) in [5.74, 6) is 1.25. The number of hydrogen-bond acceptors (Lipinski definition) is 4. The second-order valence-electron chi connectivity index (χ2n) is 4.76. The smallest absolute Gasteiger partial charge is 0.252 e. The van der Waals surface area contributed by atoms with E-state index in [0.29, 0.717) is 18.4 Å². The lowest BCUT2D eigenvalue weighted by Gasteiger charge is -2.19. The maximum atomic E-state index is 11.6. The van der Waals surface area contributed by atoms with Gasteiger partial charge in [0, 0.05) is 25.7 Å². The molecule has 1 heterocycles. The molecule has 0 atom stereocenters. The van der Waals surface area contributed by atoms with Gasteiger partial charge in [-0.15, -0.1) is 0 Å². The van der Waals surface area contributed by atoms with E-state index in [0.717, 1.165) is 25.3 Å². The van der Waals surface area contributed by atoms with Gasteiger partial charge in [0.1, 0.15) is 0 Å². The summed E-state index contributed by atoms with van der Waals surface area (Å²) in [5, 5.41) is 3.30. The average molecular weight is 252 g/mol. The van der Waals surface area contributed by atoms with Gasteiger partial charge in [0.15, 0.2) is 0 Å². The number of aromatic nitrogens is 2. The summed E-state index contributed by atoms with van der Waals surface area (Å²) >= 11 is 0. The zero-order valence-corrected chi connectivity index (χ0v) is 11.8. The van der Waals surface area contributed by atoms with Gasteiger partial charge in [-0.2, -0.15) is 0 Å². The van der Waals surface area contributed by atoms with Crippen LogP contribution in [0.3, 0.4) is 0 Å². The molecule has 1 aromatic heterocycles. The zero-order chi connectivity index (χ0) is 13.5. The Morgan fingerprint density at radius 3 is 2.61 bits per heavy atom. The molecule has 18 heavy (non-hydrogen) atoms. The van der Waals surface area contributed by atoms with Gasteiger partial charge in [-0.25, -0.2) is 4.98 Å². The van der Waals surface area contributed by atoms with Crippen LogP contribution in [0.1, 0.15) is 33.4 Å². The number of hydrogen-bond donors (Lipinski definition) is 2. The first kappa shape index (κ1) is 14.7. The molecule has 0 fully saturated rings. The average Bonchev–Trinajstić information content (AvgIpc) is 2.29. The normalized spacial score (nSPS) is 10.9. The Kier molecular flexibility index (Phi) is 5.85. The molecule has 0 aliphatic heterocycles. The highest BCUT2D eigenvalue weighted by atomic mass is 16.1. The Balaban J connectivity index is 2.77. The molecule has 0 bridgehead atoms. The third-order valence-electron chi connectivity index (χ3n) is 2.70. The molecule has 0 unspecified atom stereocenters. The van der Waals surface area contributed by atoms with E-state index in [4.69, 9.17) is 0 Å². The van der Waals surface area contributed by atoms with Crippen LogP contribution in [0.2, 0.25) is 0 Å². The van der Waals surface area contributed by atoms with Crippen molar-refractivity contribution in [2.24, 2.45) is 5.92 Å². The number of H-pyrrole nitrogens is 1. The van der Waals surface area contributed by atoms with Gasteiger partial charge < -0.3 is 10.2 Å². The lowest BCUT2D eigenvalue weighted by molar-refractivity contribution is 0.547. The Labute approximate surface area is 109 Å². The van der Waals surface area contributed by atoms with Crippen molar-refractivity contribution in [3.63, 3.8) is 0 Å². The molecule has 0 aromatic carbocycles. The molecule has 5 nitrogen and oxygen atoms in total. The molecule has 0 aliphatic rings. The van der Waals surface area contributed by atoms with Crippen LogP contribution >= 0.6 is 0 Å². The Hall–Kier alpha value is -1.36. The molecule has 0 saturated heterocycles. The summed E-state index contributed by atoms with van der Waals surface area (Å²) in [6.45, 7) is 11.6. The van der Waals surface area contributed by atoms with E-state index in [9.17, 15) is 4.79 Å². The van der Waals surface area contributed by atoms with Crippen LogP contribution in [0.5, 0.6) is 0 Å². The predicted molar refractivity (Wildman–Crippen MR) is 75.0 cm³/mol. The second kappa shape index (κ2) is 7.16. The Morgan fingerprint density at radius 2 is 2.06 bits per heavy atom. The van der Waals surface area contributed by atoms with Crippen molar-refractivity contribution in [2.45, 2.75) is 34.2 Å². The molecule has 0 radical (unpaired) electrons. The van der Waals surface area contributed by atoms with E-state index in [1.807, 2.05) is 18.7 Å². The van der Waals surface area contributed by atoms with Crippen molar-refractivity contribution in [1.82, 2.24) is 15.3 Å². The van der Waals surface area contributed by atoms with Crippen molar-refractivity contribution < 1.29 is 0 Å². The van der Waals surface area contributed by atoms with Crippen molar-refractivity contribution in [3.05, 3.63) is 22.1 Å². The lowest BCUT2D eigenvalue weighted by atomic mass is 10.2. The van der Waals surface area contributed by atoms with E-state index in [1.54, 1.807) is 6.07 Å². The lowest BCUT2D eigenvalue weighted by Crippen LogP contribution is -2.28. The van der Waals surface area contributed by atoms with E-state index >= 15 is 0 Å². The third kappa shape index (κ3) is 4.49. The maximum Gasteiger partial charge on any atom is 0.252 e. The summed E-state index contributed by atoms with van der Waals surface area (Å²) in [7, 11) is 0. The van der Waals surface area contributed by atoms with Crippen molar-refractivity contribution in [3.8, 4) is 0 Å². The summed E-state index contributed by atoms with van der Waals surface area (Å²) in [6.07, 6.45) is 0. The molecule has 1 aromatic rings. The summed E-state index contributed by atoms with van der Waals surface area (Å²) in [4.78, 5) is 20.9. The number of nitrogens with one attached hydrogen (secondary N) is 2. The molecular formula is C13H24N4O. The predicted octanol–water partition coefficient (Wildman–Crippen LogP) is 1.36. The first-order valence-corrected chi connectivity index (χ1v) is 6.62. The van der Waals surface area contributed by atoms with E-state index in [1.165, 1.54) is 0 Å². The van der Waals surface area contributed by atoms with Gasteiger partial charge in [-0.05, 0) is 26.3 Å². The fourth-order valence-electron chi connectivity index (χ4n) is 1.75. The SMILES string of the molecule is CCN(CC)c1nc(CNCC(C)C)cc(=O)[nH]1. The minimum atomic E-state index is -0.0896. The summed E-state index contributed by atoms with van der Waals surface area (Å²) in [6, 6.07) is 1.56. The molecule has 1 rings (SSSR count). The van der Waals surface area contributed by atoms with Crippen LogP contribution in [0.4, 0.5) is 5.95 Å². The van der Waals surface area contributed by atoms with Crippen LogP contribution in [0.15, 0.2) is 10.9 Å². The van der Waals surface area contributed by atoms with Crippen LogP contribution in [-0.4, -0.2) is 29.6 Å². The Morgan fingerprint density at radius 1 is 1.39 bits per heavy atom. The van der Waals surface area contributed by atoms with Crippen molar-refractivity contribution in [2.75, 3.05) is 24.5 Å². The molecule has 0 amide bonds. The summed E-state index contributed by atoms with van der Waals surface area (Å²) in [5.41, 5.74) is 0.703. The molecular weight excluding hydrogens is 228 g/mol. The second-order valence-corrected chi connectivity index (χ2v) is 4.76. The third-order valence-corrected chi connectivity index (χ3v) is 2.70. The number of rotatable bonds is 7. The van der Waals surface area contributed by atoms with E-state index in [-0.39, 0.29) is 5.56 Å². The molecule has 5 heteroatoms. The van der Waals surface area contributed by atoms with E-state index < -0.39 is 0 Å². The molecule has 0 spiro atoms. The number of anilines is 1. The minimum Gasteiger partial charge on any atom is -0.343 e. The van der Waals surface area contributed by atoms with Crippen LogP contribution < -0.4 is 15.8 Å². The standard InChI is InChI=1S/C13H24N4O/c1-5-17(6-2)13-15-11(7-12(18)16-13)9-14-8-10(3)4/h7,10,14H,5-6,8-9H2,1-4H3,(H,15,16,18). The largest absolute Gasteiger partial charge is 0.343 e. The molecule has 0 aliphatic carbocycles. The molecule has 102 valence electrons. The van der Waals surface area contributed by atoms with Gasteiger partial charge >= 0.3 is 0 Å². The number of nitrogens with zero attached hydrogens (tertiary/aromatic N) is 2. The van der Waals surface area contributed by atoms with Crippen molar-refractivity contribution in [1.29, 1.82) is 0 Å². The van der Waals surface area contributed by atoms with Crippen LogP contribution in [-0.2, 0) is 6.54 Å². The van der Waals surface area contributed by atoms with Gasteiger partial charge in [-0.3, -0.25) is 9.78 Å². The van der Waals surface area contributed by atoms with Gasteiger partial charge in [0.2, 0.25) is 5.95 Å². The minimum absolute atomic E-state index is 0.0896. The number of aromatic amines is 1. The maximum absolute atomic E-state index is 11.6. The fourth-order valence-corrected chi connectivity index (χ4v) is 1.75. The highest BCUT2D eigenvalue weighted by Gasteiger charge is 2.06. The molecule has 0 saturated carbocycles. The van der Waals surface area contributed by atoms with Crippen LogP contribution in [0.25, 0.3) is 0 Å². The van der Waals surface area contributed by atoms with Crippen LogP contribution in [0, 0.1) is 5.92 Å². The van der Waals surface area contributed by atoms with Gasteiger partial charge in [0.05, 0.1) is 5.69 Å². The highest BCUT2D eigenvalue weighted by molar-refractivity contribution is 5.29. The zero-order valence-electron chi connectivity index (χ0n) is 11.8. The monoisotopic (exact) mass is 252 g/mol. The van der Waals surface area contributed by atoms with E-state index in [2.05, 4.69) is 29.1 Å². The molecule has 2 N–H and O–H groups in total. The topological polar surface area (TPSA) is 61.0 Å². The highest BCUT2D eigenvalue weighted by Crippen LogP contribution is 2.04. The first-order chi connectivity index (χ1) is 8.56. The summed E-state index contributed by atoms with van der Waals surface area (Å²) < 4.78 is 0. The van der Waals surface area contributed by atoms with Gasteiger partial charge in [-0.1, -0.05) is 13.8 Å². The fraction of sp³-hybridized carbons (Fsp3) is 0.692. The Bertz CT molecular complexity index is 410. The van der Waals surface area contributed by atoms with Crippen molar-refractivity contribution >= 4 is 5.95 Å².